The van der Waals surface area contributed by atoms with E-state index in [4.69, 9.17) is 9.40 Å². The van der Waals surface area contributed by atoms with Gasteiger partial charge < -0.3 is 8.98 Å². The lowest BCUT2D eigenvalue weighted by molar-refractivity contribution is 0.669. The lowest BCUT2D eigenvalue weighted by Gasteiger charge is -2.12. The zero-order valence-electron chi connectivity index (χ0n) is 23.8. The van der Waals surface area contributed by atoms with E-state index in [1.807, 2.05) is 24.3 Å². The van der Waals surface area contributed by atoms with Crippen molar-refractivity contribution in [3.63, 3.8) is 0 Å². The number of pyridine rings is 1. The van der Waals surface area contributed by atoms with Crippen LogP contribution in [0.3, 0.4) is 0 Å². The number of furan rings is 1. The standard InChI is InChI=1S/C41H26N2O/c1-2-12-27(13-3-1)36-26-35(41-40(42-36)34-20-6-9-23-39(34)44-41)30-16-10-14-28(24-30)29-15-11-17-31(25-29)43-37-21-7-4-18-32(37)33-19-5-8-22-38(33)43/h1-26H. The molecule has 0 N–H and O–H groups in total. The van der Waals surface area contributed by atoms with Gasteiger partial charge in [0, 0.05) is 33.0 Å². The average molecular weight is 563 g/mol. The van der Waals surface area contributed by atoms with Gasteiger partial charge in [0.15, 0.2) is 5.58 Å². The van der Waals surface area contributed by atoms with Crippen LogP contribution in [0.15, 0.2) is 162 Å². The fraction of sp³-hybridized carbons (Fsp3) is 0. The summed E-state index contributed by atoms with van der Waals surface area (Å²) in [6.45, 7) is 0. The highest BCUT2D eigenvalue weighted by molar-refractivity contribution is 6.10. The highest BCUT2D eigenvalue weighted by Crippen LogP contribution is 2.39. The second kappa shape index (κ2) is 9.82. The van der Waals surface area contributed by atoms with E-state index in [1.54, 1.807) is 0 Å². The Morgan fingerprint density at radius 1 is 0.455 bits per heavy atom. The van der Waals surface area contributed by atoms with Gasteiger partial charge in [0.2, 0.25) is 0 Å². The Hall–Kier alpha value is -5.93. The quantitative estimate of drug-likeness (QED) is 0.214. The van der Waals surface area contributed by atoms with E-state index in [2.05, 4.69) is 138 Å². The summed E-state index contributed by atoms with van der Waals surface area (Å²) in [6.07, 6.45) is 0. The minimum Gasteiger partial charge on any atom is -0.454 e. The molecule has 3 nitrogen and oxygen atoms in total. The van der Waals surface area contributed by atoms with Gasteiger partial charge in [0.1, 0.15) is 11.1 Å². The zero-order valence-corrected chi connectivity index (χ0v) is 23.8. The van der Waals surface area contributed by atoms with Crippen molar-refractivity contribution >= 4 is 43.9 Å². The number of nitrogens with zero attached hydrogens (tertiary/aromatic N) is 2. The van der Waals surface area contributed by atoms with E-state index in [9.17, 15) is 0 Å². The van der Waals surface area contributed by atoms with Crippen LogP contribution in [-0.2, 0) is 0 Å². The summed E-state index contributed by atoms with van der Waals surface area (Å²) in [5.41, 5.74) is 12.5. The second-order valence-corrected chi connectivity index (χ2v) is 11.2. The molecule has 9 rings (SSSR count). The maximum atomic E-state index is 6.46. The second-order valence-electron chi connectivity index (χ2n) is 11.2. The molecule has 206 valence electrons. The van der Waals surface area contributed by atoms with Gasteiger partial charge in [-0.1, -0.05) is 109 Å². The predicted molar refractivity (Wildman–Crippen MR) is 182 cm³/mol. The summed E-state index contributed by atoms with van der Waals surface area (Å²) >= 11 is 0. The number of benzene rings is 6. The van der Waals surface area contributed by atoms with Crippen LogP contribution in [0, 0.1) is 0 Å². The third-order valence-corrected chi connectivity index (χ3v) is 8.59. The molecule has 3 heteroatoms. The largest absolute Gasteiger partial charge is 0.454 e. The van der Waals surface area contributed by atoms with Gasteiger partial charge in [0.25, 0.3) is 0 Å². The van der Waals surface area contributed by atoms with Crippen molar-refractivity contribution in [1.82, 2.24) is 9.55 Å². The van der Waals surface area contributed by atoms with Gasteiger partial charge in [-0.25, -0.2) is 4.98 Å². The Morgan fingerprint density at radius 3 is 1.82 bits per heavy atom. The van der Waals surface area contributed by atoms with E-state index in [0.717, 1.165) is 61.3 Å². The highest BCUT2D eigenvalue weighted by Gasteiger charge is 2.17. The van der Waals surface area contributed by atoms with E-state index < -0.39 is 0 Å². The molecule has 0 aliphatic carbocycles. The maximum Gasteiger partial charge on any atom is 0.161 e. The van der Waals surface area contributed by atoms with Crippen LogP contribution in [0.1, 0.15) is 0 Å². The number of rotatable bonds is 4. The fourth-order valence-corrected chi connectivity index (χ4v) is 6.54. The average Bonchev–Trinajstić information content (AvgIpc) is 3.64. The van der Waals surface area contributed by atoms with Crippen LogP contribution in [0.25, 0.3) is 83.1 Å². The number of para-hydroxylation sites is 3. The molecule has 44 heavy (non-hydrogen) atoms. The van der Waals surface area contributed by atoms with Crippen LogP contribution < -0.4 is 0 Å². The molecular weight excluding hydrogens is 536 g/mol. The number of aromatic nitrogens is 2. The first kappa shape index (κ1) is 24.6. The maximum absolute atomic E-state index is 6.46. The summed E-state index contributed by atoms with van der Waals surface area (Å²) in [5, 5.41) is 3.55. The Kier molecular flexibility index (Phi) is 5.50. The van der Waals surface area contributed by atoms with Crippen molar-refractivity contribution in [1.29, 1.82) is 0 Å². The first-order valence-electron chi connectivity index (χ1n) is 14.9. The van der Waals surface area contributed by atoms with Crippen molar-refractivity contribution in [2.45, 2.75) is 0 Å². The monoisotopic (exact) mass is 562 g/mol. The Bertz CT molecular complexity index is 2450. The minimum atomic E-state index is 0.807. The number of hydrogen-bond donors (Lipinski definition) is 0. The molecule has 0 saturated carbocycles. The van der Waals surface area contributed by atoms with Gasteiger partial charge >= 0.3 is 0 Å². The normalized spacial score (nSPS) is 11.6. The molecule has 9 aromatic rings. The Balaban J connectivity index is 1.22. The first-order valence-corrected chi connectivity index (χ1v) is 14.9. The van der Waals surface area contributed by atoms with E-state index >= 15 is 0 Å². The molecule has 0 aliphatic rings. The summed E-state index contributed by atoms with van der Waals surface area (Å²) in [6, 6.07) is 55.5. The summed E-state index contributed by atoms with van der Waals surface area (Å²) < 4.78 is 8.82. The molecule has 3 heterocycles. The molecule has 0 amide bonds. The van der Waals surface area contributed by atoms with E-state index in [-0.39, 0.29) is 0 Å². The Morgan fingerprint density at radius 2 is 1.05 bits per heavy atom. The van der Waals surface area contributed by atoms with Crippen molar-refractivity contribution in [2.75, 3.05) is 0 Å². The molecule has 0 aliphatic heterocycles. The first-order chi connectivity index (χ1) is 21.8. The third kappa shape index (κ3) is 3.87. The molecular formula is C41H26N2O. The number of hydrogen-bond acceptors (Lipinski definition) is 2. The predicted octanol–water partition coefficient (Wildman–Crippen LogP) is 11.1. The summed E-state index contributed by atoms with van der Waals surface area (Å²) in [5.74, 6) is 0. The lowest BCUT2D eigenvalue weighted by Crippen LogP contribution is -1.94. The molecule has 3 aromatic heterocycles. The smallest absolute Gasteiger partial charge is 0.161 e. The van der Waals surface area contributed by atoms with Crippen LogP contribution in [-0.4, -0.2) is 9.55 Å². The molecule has 0 radical (unpaired) electrons. The van der Waals surface area contributed by atoms with Gasteiger partial charge in [-0.3, -0.25) is 0 Å². The van der Waals surface area contributed by atoms with Crippen molar-refractivity contribution in [3.05, 3.63) is 158 Å². The topological polar surface area (TPSA) is 31.0 Å². The van der Waals surface area contributed by atoms with Crippen molar-refractivity contribution in [2.24, 2.45) is 0 Å². The van der Waals surface area contributed by atoms with Crippen LogP contribution in [0.4, 0.5) is 0 Å². The van der Waals surface area contributed by atoms with Crippen molar-refractivity contribution < 1.29 is 4.42 Å². The van der Waals surface area contributed by atoms with Gasteiger partial charge in [0.05, 0.1) is 16.7 Å². The summed E-state index contributed by atoms with van der Waals surface area (Å²) in [4.78, 5) is 5.09. The molecule has 0 fully saturated rings. The van der Waals surface area contributed by atoms with E-state index in [1.165, 1.54) is 21.8 Å². The lowest BCUT2D eigenvalue weighted by atomic mass is 9.97. The van der Waals surface area contributed by atoms with Gasteiger partial charge in [-0.15, -0.1) is 0 Å². The molecule has 0 atom stereocenters. The molecule has 0 spiro atoms. The molecule has 0 bridgehead atoms. The van der Waals surface area contributed by atoms with Crippen LogP contribution in [0.5, 0.6) is 0 Å². The molecule has 0 saturated heterocycles. The van der Waals surface area contributed by atoms with Crippen LogP contribution in [0.2, 0.25) is 0 Å². The van der Waals surface area contributed by atoms with Crippen molar-refractivity contribution in [3.8, 4) is 39.2 Å². The zero-order chi connectivity index (χ0) is 29.0. The van der Waals surface area contributed by atoms with Crippen LogP contribution >= 0.6 is 0 Å². The highest BCUT2D eigenvalue weighted by atomic mass is 16.3. The Labute approximate surface area is 254 Å². The van der Waals surface area contributed by atoms with E-state index in [0.29, 0.717) is 0 Å². The molecule has 0 unspecified atom stereocenters. The summed E-state index contributed by atoms with van der Waals surface area (Å²) in [7, 11) is 0. The van der Waals surface area contributed by atoms with Gasteiger partial charge in [-0.05, 0) is 65.2 Å². The fourth-order valence-electron chi connectivity index (χ4n) is 6.54. The minimum absolute atomic E-state index is 0.807. The SMILES string of the molecule is c1ccc(-c2cc(-c3cccc(-c4cccc(-n5c6ccccc6c6ccccc65)c4)c3)c3oc4ccccc4c3n2)cc1. The number of fused-ring (bicyclic) bond motifs is 6. The third-order valence-electron chi connectivity index (χ3n) is 8.59. The van der Waals surface area contributed by atoms with Gasteiger partial charge in [-0.2, -0.15) is 0 Å². The molecule has 6 aromatic carbocycles.